The van der Waals surface area contributed by atoms with Gasteiger partial charge in [0.2, 0.25) is 5.75 Å². The zero-order valence-electron chi connectivity index (χ0n) is 20.4. The van der Waals surface area contributed by atoms with Crippen molar-refractivity contribution in [3.05, 3.63) is 41.5 Å². The highest BCUT2D eigenvalue weighted by Gasteiger charge is 2.52. The van der Waals surface area contributed by atoms with Gasteiger partial charge in [-0.3, -0.25) is 4.79 Å². The van der Waals surface area contributed by atoms with Crippen LogP contribution in [0.1, 0.15) is 41.2 Å². The fraction of sp³-hybridized carbons (Fsp3) is 0.391. The van der Waals surface area contributed by atoms with Crippen LogP contribution in [0.15, 0.2) is 30.3 Å². The van der Waals surface area contributed by atoms with Crippen LogP contribution in [-0.2, 0) is 20.9 Å². The molecule has 158 valence electrons. The van der Waals surface area contributed by atoms with Crippen molar-refractivity contribution in [2.75, 3.05) is 27.3 Å². The lowest BCUT2D eigenvalue weighted by atomic mass is 9.99. The van der Waals surface area contributed by atoms with Crippen molar-refractivity contribution in [3.8, 4) is 28.4 Å². The first-order valence-electron chi connectivity index (χ1n) is 11.8. The van der Waals surface area contributed by atoms with Crippen molar-refractivity contribution < 1.29 is 38.8 Å². The minimum absolute atomic E-state index is 0.0307. The van der Waals surface area contributed by atoms with E-state index in [0.29, 0.717) is 35.1 Å². The number of carbonyl (C=O) groups is 2. The smallest absolute Gasteiger partial charge is 0.338 e. The standard InChI is InChI=1S/C23H24O7/c1-4-28-22(25)23(9-10-23)13-30-19-16(7-8-18(26-2)20(19)27-3)14-5-6-17-15(11-14)12-29-21(17)24/h5-8,11H,4,9-10,12-13H2,1-3H3/i2D2,3D2. The molecule has 30 heavy (non-hydrogen) atoms. The normalized spacial score (nSPS) is 17.9. The van der Waals surface area contributed by atoms with E-state index in [1.807, 2.05) is 0 Å². The molecule has 2 aromatic rings. The molecular formula is C23H24O7. The lowest BCUT2D eigenvalue weighted by molar-refractivity contribution is -0.150. The van der Waals surface area contributed by atoms with Crippen molar-refractivity contribution in [1.29, 1.82) is 0 Å². The number of carbonyl (C=O) groups excluding carboxylic acids is 2. The summed E-state index contributed by atoms with van der Waals surface area (Å²) in [4.78, 5) is 24.3. The van der Waals surface area contributed by atoms with E-state index in [-0.39, 0.29) is 43.0 Å². The maximum atomic E-state index is 12.4. The number of ether oxygens (including phenoxy) is 5. The first-order valence-corrected chi connectivity index (χ1v) is 9.54. The molecule has 4 rings (SSSR count). The van der Waals surface area contributed by atoms with E-state index in [2.05, 4.69) is 0 Å². The van der Waals surface area contributed by atoms with Crippen molar-refractivity contribution >= 4 is 11.9 Å². The van der Waals surface area contributed by atoms with Crippen molar-refractivity contribution in [2.24, 2.45) is 5.41 Å². The van der Waals surface area contributed by atoms with Crippen LogP contribution in [0.4, 0.5) is 0 Å². The summed E-state index contributed by atoms with van der Waals surface area (Å²) in [6.45, 7) is 2.07. The van der Waals surface area contributed by atoms with Crippen LogP contribution in [0.25, 0.3) is 11.1 Å². The third kappa shape index (κ3) is 3.44. The van der Waals surface area contributed by atoms with Gasteiger partial charge in [0.15, 0.2) is 11.5 Å². The Kier molecular flexibility index (Phi) is 4.10. The molecule has 0 saturated heterocycles. The molecule has 2 aromatic carbocycles. The van der Waals surface area contributed by atoms with Crippen LogP contribution < -0.4 is 14.2 Å². The molecule has 0 N–H and O–H groups in total. The molecule has 0 amide bonds. The van der Waals surface area contributed by atoms with Crippen molar-refractivity contribution in [2.45, 2.75) is 26.4 Å². The summed E-state index contributed by atoms with van der Waals surface area (Å²) in [6.07, 6.45) is 1.18. The molecule has 0 aromatic heterocycles. The summed E-state index contributed by atoms with van der Waals surface area (Å²) < 4.78 is 57.0. The largest absolute Gasteiger partial charge is 0.493 e. The first-order chi connectivity index (χ1) is 16.2. The van der Waals surface area contributed by atoms with Gasteiger partial charge < -0.3 is 23.7 Å². The average Bonchev–Trinajstić information content (AvgIpc) is 3.50. The van der Waals surface area contributed by atoms with E-state index in [0.717, 1.165) is 0 Å². The van der Waals surface area contributed by atoms with E-state index in [1.54, 1.807) is 31.2 Å². The van der Waals surface area contributed by atoms with E-state index in [9.17, 15) is 9.59 Å². The SMILES string of the molecule is [2H]C([2H])Oc1ccc(-c2ccc3c(c2)COC3=O)c(OCC2(C(=O)OCC)CC2)c1OC([2H])[2H]. The molecule has 1 aliphatic carbocycles. The molecule has 0 unspecified atom stereocenters. The first kappa shape index (κ1) is 15.6. The molecule has 0 atom stereocenters. The van der Waals surface area contributed by atoms with Crippen LogP contribution in [0, 0.1) is 5.41 Å². The number of cyclic esters (lactones) is 1. The summed E-state index contributed by atoms with van der Waals surface area (Å²) in [5, 5.41) is 0. The van der Waals surface area contributed by atoms with Gasteiger partial charge in [0, 0.05) is 11.1 Å². The number of rotatable bonds is 8. The fourth-order valence-electron chi connectivity index (χ4n) is 3.47. The van der Waals surface area contributed by atoms with Gasteiger partial charge in [-0.15, -0.1) is 0 Å². The predicted octanol–water partition coefficient (Wildman–Crippen LogP) is 3.76. The number of esters is 2. The Hall–Kier alpha value is -3.22. The van der Waals surface area contributed by atoms with Gasteiger partial charge in [-0.2, -0.15) is 0 Å². The molecule has 2 aliphatic rings. The molecule has 0 bridgehead atoms. The molecule has 0 radical (unpaired) electrons. The van der Waals surface area contributed by atoms with Gasteiger partial charge in [0.1, 0.15) is 18.6 Å². The molecular weight excluding hydrogens is 388 g/mol. The van der Waals surface area contributed by atoms with E-state index >= 15 is 0 Å². The zero-order valence-corrected chi connectivity index (χ0v) is 16.4. The summed E-state index contributed by atoms with van der Waals surface area (Å²) in [7, 11) is -3.44. The summed E-state index contributed by atoms with van der Waals surface area (Å²) >= 11 is 0. The number of fused-ring (bicyclic) bond motifs is 1. The Morgan fingerprint density at radius 1 is 1.13 bits per heavy atom. The van der Waals surface area contributed by atoms with Gasteiger partial charge in [-0.25, -0.2) is 4.79 Å². The molecule has 7 nitrogen and oxygen atoms in total. The van der Waals surface area contributed by atoms with Crippen LogP contribution in [0.2, 0.25) is 0 Å². The average molecular weight is 416 g/mol. The molecule has 1 fully saturated rings. The topological polar surface area (TPSA) is 80.3 Å². The highest BCUT2D eigenvalue weighted by atomic mass is 16.6. The van der Waals surface area contributed by atoms with E-state index < -0.39 is 25.5 Å². The Morgan fingerprint density at radius 2 is 1.93 bits per heavy atom. The third-order valence-electron chi connectivity index (χ3n) is 5.37. The number of benzene rings is 2. The third-order valence-corrected chi connectivity index (χ3v) is 5.37. The van der Waals surface area contributed by atoms with E-state index in [1.165, 1.54) is 6.07 Å². The summed E-state index contributed by atoms with van der Waals surface area (Å²) in [5.41, 5.74) is 1.50. The molecule has 1 aliphatic heterocycles. The minimum Gasteiger partial charge on any atom is -0.493 e. The number of methoxy groups -OCH3 is 2. The Bertz CT molecular complexity index is 1100. The highest BCUT2D eigenvalue weighted by Crippen LogP contribution is 2.50. The second-order valence-corrected chi connectivity index (χ2v) is 7.24. The molecule has 1 heterocycles. The second-order valence-electron chi connectivity index (χ2n) is 7.24. The van der Waals surface area contributed by atoms with Crippen LogP contribution in [0.3, 0.4) is 0 Å². The molecule has 7 heteroatoms. The van der Waals surface area contributed by atoms with E-state index in [4.69, 9.17) is 29.2 Å². The van der Waals surface area contributed by atoms with Crippen molar-refractivity contribution in [1.82, 2.24) is 0 Å². The van der Waals surface area contributed by atoms with Crippen molar-refractivity contribution in [3.63, 3.8) is 0 Å². The molecule has 1 saturated carbocycles. The highest BCUT2D eigenvalue weighted by molar-refractivity contribution is 5.94. The maximum absolute atomic E-state index is 12.4. The molecule has 0 spiro atoms. The maximum Gasteiger partial charge on any atom is 0.338 e. The predicted molar refractivity (Wildman–Crippen MR) is 108 cm³/mol. The lowest BCUT2D eigenvalue weighted by Crippen LogP contribution is -2.26. The van der Waals surface area contributed by atoms with Gasteiger partial charge in [0.25, 0.3) is 0 Å². The van der Waals surface area contributed by atoms with Crippen LogP contribution >= 0.6 is 0 Å². The summed E-state index contributed by atoms with van der Waals surface area (Å²) in [5.74, 6) is -0.832. The second kappa shape index (κ2) is 7.89. The monoisotopic (exact) mass is 416 g/mol. The van der Waals surface area contributed by atoms with Gasteiger partial charge in [-0.1, -0.05) is 6.07 Å². The van der Waals surface area contributed by atoms with Gasteiger partial charge in [-0.05, 0) is 49.6 Å². The Balaban J connectivity index is 1.77. The van der Waals surface area contributed by atoms with Gasteiger partial charge >= 0.3 is 11.9 Å². The minimum atomic E-state index is -1.75. The fourth-order valence-corrected chi connectivity index (χ4v) is 3.47. The quantitative estimate of drug-likeness (QED) is 0.606. The number of hydrogen-bond donors (Lipinski definition) is 0. The number of hydrogen-bond acceptors (Lipinski definition) is 7. The summed E-state index contributed by atoms with van der Waals surface area (Å²) in [6, 6.07) is 8.20. The lowest BCUT2D eigenvalue weighted by Gasteiger charge is -2.20. The Labute approximate surface area is 180 Å². The Morgan fingerprint density at radius 3 is 2.67 bits per heavy atom. The van der Waals surface area contributed by atoms with Crippen LogP contribution in [-0.4, -0.2) is 39.3 Å². The van der Waals surface area contributed by atoms with Crippen LogP contribution in [0.5, 0.6) is 17.2 Å². The zero-order chi connectivity index (χ0) is 24.5. The van der Waals surface area contributed by atoms with Gasteiger partial charge in [0.05, 0.1) is 31.8 Å².